The van der Waals surface area contributed by atoms with Crippen molar-refractivity contribution in [3.8, 4) is 11.1 Å². The molecule has 0 radical (unpaired) electrons. The summed E-state index contributed by atoms with van der Waals surface area (Å²) >= 11 is 0. The smallest absolute Gasteiger partial charge is 0.0723 e. The van der Waals surface area contributed by atoms with E-state index in [1.54, 1.807) is 0 Å². The van der Waals surface area contributed by atoms with Gasteiger partial charge in [-0.2, -0.15) is 0 Å². The minimum Gasteiger partial charge on any atom is -0.285 e. The van der Waals surface area contributed by atoms with E-state index >= 15 is 0 Å². The Labute approximate surface area is 157 Å². The summed E-state index contributed by atoms with van der Waals surface area (Å²) in [7, 11) is 0. The predicted octanol–water partition coefficient (Wildman–Crippen LogP) is 6.66. The molecule has 26 heavy (non-hydrogen) atoms. The van der Waals surface area contributed by atoms with E-state index in [9.17, 15) is 0 Å². The quantitative estimate of drug-likeness (QED) is 0.445. The Kier molecular flexibility index (Phi) is 6.01. The van der Waals surface area contributed by atoms with Crippen molar-refractivity contribution in [3.05, 3.63) is 95.1 Å². The lowest BCUT2D eigenvalue weighted by molar-refractivity contribution is 0.805. The molecule has 0 aromatic heterocycles. The highest BCUT2D eigenvalue weighted by molar-refractivity contribution is 5.90. The Balaban J connectivity index is 1.89. The van der Waals surface area contributed by atoms with Crippen LogP contribution in [0.15, 0.2) is 77.8 Å². The fourth-order valence-corrected chi connectivity index (χ4v) is 3.36. The highest BCUT2D eigenvalue weighted by atomic mass is 14.8. The number of hydrogen-bond donors (Lipinski definition) is 0. The molecule has 3 rings (SSSR count). The molecule has 3 aromatic rings. The van der Waals surface area contributed by atoms with E-state index in [4.69, 9.17) is 4.99 Å². The fourth-order valence-electron chi connectivity index (χ4n) is 3.36. The van der Waals surface area contributed by atoms with Gasteiger partial charge in [0.2, 0.25) is 0 Å². The van der Waals surface area contributed by atoms with E-state index in [-0.39, 0.29) is 6.04 Å². The molecule has 0 spiro atoms. The van der Waals surface area contributed by atoms with Gasteiger partial charge in [-0.25, -0.2) is 0 Å². The molecule has 0 aliphatic carbocycles. The van der Waals surface area contributed by atoms with E-state index in [0.29, 0.717) is 0 Å². The summed E-state index contributed by atoms with van der Waals surface area (Å²) < 4.78 is 0. The molecule has 3 aromatic carbocycles. The van der Waals surface area contributed by atoms with Crippen LogP contribution in [0.3, 0.4) is 0 Å². The zero-order chi connectivity index (χ0) is 18.4. The average Bonchev–Trinajstić information content (AvgIpc) is 2.72. The molecule has 0 aliphatic heterocycles. The second-order valence-electron chi connectivity index (χ2n) is 6.65. The first-order valence-electron chi connectivity index (χ1n) is 9.52. The lowest BCUT2D eigenvalue weighted by atomic mass is 9.96. The van der Waals surface area contributed by atoms with Crippen molar-refractivity contribution in [1.82, 2.24) is 0 Å². The van der Waals surface area contributed by atoms with Gasteiger partial charge in [0.05, 0.1) is 6.04 Å². The lowest BCUT2D eigenvalue weighted by Gasteiger charge is -2.14. The first kappa shape index (κ1) is 18.1. The molecule has 0 aliphatic rings. The van der Waals surface area contributed by atoms with Gasteiger partial charge in [0.15, 0.2) is 0 Å². The van der Waals surface area contributed by atoms with Gasteiger partial charge in [-0.3, -0.25) is 4.99 Å². The van der Waals surface area contributed by atoms with Crippen LogP contribution < -0.4 is 0 Å². The maximum absolute atomic E-state index is 4.89. The minimum atomic E-state index is 0.152. The van der Waals surface area contributed by atoms with Gasteiger partial charge >= 0.3 is 0 Å². The minimum absolute atomic E-state index is 0.152. The molecule has 1 unspecified atom stereocenters. The molecule has 1 atom stereocenters. The van der Waals surface area contributed by atoms with Crippen molar-refractivity contribution < 1.29 is 0 Å². The van der Waals surface area contributed by atoms with E-state index in [1.807, 2.05) is 6.21 Å². The third-order valence-electron chi connectivity index (χ3n) is 4.93. The number of aryl methyl sites for hydroxylation is 2. The third-order valence-corrected chi connectivity index (χ3v) is 4.93. The van der Waals surface area contributed by atoms with Crippen molar-refractivity contribution in [2.45, 2.75) is 39.7 Å². The van der Waals surface area contributed by atoms with Gasteiger partial charge in [0.1, 0.15) is 0 Å². The molecule has 1 heteroatoms. The van der Waals surface area contributed by atoms with Crippen LogP contribution in [0, 0.1) is 0 Å². The molecule has 0 saturated carbocycles. The Morgan fingerprint density at radius 3 is 2.31 bits per heavy atom. The number of hydrogen-bond acceptors (Lipinski definition) is 1. The normalized spacial score (nSPS) is 12.4. The predicted molar refractivity (Wildman–Crippen MR) is 113 cm³/mol. The molecular weight excluding hydrogens is 314 g/mol. The van der Waals surface area contributed by atoms with Crippen LogP contribution in [0.1, 0.15) is 49.1 Å². The van der Waals surface area contributed by atoms with Gasteiger partial charge in [-0.1, -0.05) is 86.6 Å². The summed E-state index contributed by atoms with van der Waals surface area (Å²) in [5, 5.41) is 0. The third kappa shape index (κ3) is 4.11. The molecular formula is C25H27N. The van der Waals surface area contributed by atoms with Crippen LogP contribution in [0.2, 0.25) is 0 Å². The monoisotopic (exact) mass is 341 g/mol. The SMILES string of the molecule is CCc1ccc(C(C)N=Cc2ccccc2-c2ccccc2)c(CC)c1. The second-order valence-corrected chi connectivity index (χ2v) is 6.65. The number of nitrogens with zero attached hydrogens (tertiary/aromatic N) is 1. The maximum Gasteiger partial charge on any atom is 0.0723 e. The molecule has 0 saturated heterocycles. The molecule has 132 valence electrons. The summed E-state index contributed by atoms with van der Waals surface area (Å²) in [4.78, 5) is 4.89. The first-order valence-corrected chi connectivity index (χ1v) is 9.52. The molecule has 0 heterocycles. The maximum atomic E-state index is 4.89. The van der Waals surface area contributed by atoms with Crippen molar-refractivity contribution in [2.75, 3.05) is 0 Å². The Bertz CT molecular complexity index is 878. The van der Waals surface area contributed by atoms with Gasteiger partial charge in [0.25, 0.3) is 0 Å². The van der Waals surface area contributed by atoms with Gasteiger partial charge in [-0.15, -0.1) is 0 Å². The van der Waals surface area contributed by atoms with E-state index in [2.05, 4.69) is 93.6 Å². The molecule has 1 nitrogen and oxygen atoms in total. The number of benzene rings is 3. The number of rotatable bonds is 6. The van der Waals surface area contributed by atoms with Crippen molar-refractivity contribution >= 4 is 6.21 Å². The highest BCUT2D eigenvalue weighted by Gasteiger charge is 2.09. The highest BCUT2D eigenvalue weighted by Crippen LogP contribution is 2.25. The summed E-state index contributed by atoms with van der Waals surface area (Å²) in [6, 6.07) is 25.9. The number of aliphatic imine (C=N–C) groups is 1. The van der Waals surface area contributed by atoms with E-state index < -0.39 is 0 Å². The topological polar surface area (TPSA) is 12.4 Å². The van der Waals surface area contributed by atoms with Crippen LogP contribution in [-0.4, -0.2) is 6.21 Å². The summed E-state index contributed by atoms with van der Waals surface area (Å²) in [5.41, 5.74) is 7.75. The summed E-state index contributed by atoms with van der Waals surface area (Å²) in [6.45, 7) is 6.61. The molecule has 0 amide bonds. The first-order chi connectivity index (χ1) is 12.7. The van der Waals surface area contributed by atoms with Crippen LogP contribution in [0.5, 0.6) is 0 Å². The Morgan fingerprint density at radius 1 is 0.846 bits per heavy atom. The van der Waals surface area contributed by atoms with Crippen LogP contribution in [-0.2, 0) is 12.8 Å². The molecule has 0 fully saturated rings. The largest absolute Gasteiger partial charge is 0.285 e. The molecule has 0 bridgehead atoms. The molecule has 0 N–H and O–H groups in total. The second kappa shape index (κ2) is 8.62. The Morgan fingerprint density at radius 2 is 1.58 bits per heavy atom. The summed E-state index contributed by atoms with van der Waals surface area (Å²) in [5.74, 6) is 0. The Hall–Kier alpha value is -2.67. The standard InChI is InChI=1S/C25H27N/c1-4-20-15-16-24(21(5-2)17-20)19(3)26-18-23-13-9-10-14-25(23)22-11-7-6-8-12-22/h6-19H,4-5H2,1-3H3. The van der Waals surface area contributed by atoms with Crippen molar-refractivity contribution in [1.29, 1.82) is 0 Å². The summed E-state index contributed by atoms with van der Waals surface area (Å²) in [6.07, 6.45) is 4.15. The van der Waals surface area contributed by atoms with Crippen LogP contribution in [0.25, 0.3) is 11.1 Å². The van der Waals surface area contributed by atoms with Gasteiger partial charge < -0.3 is 0 Å². The zero-order valence-electron chi connectivity index (χ0n) is 15.9. The van der Waals surface area contributed by atoms with E-state index in [1.165, 1.54) is 27.8 Å². The van der Waals surface area contributed by atoms with Gasteiger partial charge in [-0.05, 0) is 47.6 Å². The fraction of sp³-hybridized carbons (Fsp3) is 0.240. The van der Waals surface area contributed by atoms with E-state index in [0.717, 1.165) is 18.4 Å². The lowest BCUT2D eigenvalue weighted by Crippen LogP contribution is -1.99. The van der Waals surface area contributed by atoms with Crippen molar-refractivity contribution in [2.24, 2.45) is 4.99 Å². The van der Waals surface area contributed by atoms with Crippen LogP contribution in [0.4, 0.5) is 0 Å². The van der Waals surface area contributed by atoms with Crippen LogP contribution >= 0.6 is 0 Å². The zero-order valence-corrected chi connectivity index (χ0v) is 15.9. The van der Waals surface area contributed by atoms with Gasteiger partial charge in [0, 0.05) is 11.8 Å². The van der Waals surface area contributed by atoms with Crippen molar-refractivity contribution in [3.63, 3.8) is 0 Å². The average molecular weight is 341 g/mol.